The molecule has 1 saturated heterocycles. The molecular formula is C20H23N3O6. The van der Waals surface area contributed by atoms with Gasteiger partial charge in [0.1, 0.15) is 17.9 Å². The Morgan fingerprint density at radius 2 is 2.03 bits per heavy atom. The minimum absolute atomic E-state index is 0.182. The molecule has 2 aromatic rings. The van der Waals surface area contributed by atoms with Crippen molar-refractivity contribution in [2.75, 3.05) is 19.7 Å². The van der Waals surface area contributed by atoms with Crippen LogP contribution >= 0.6 is 0 Å². The van der Waals surface area contributed by atoms with Crippen LogP contribution in [0, 0.1) is 0 Å². The smallest absolute Gasteiger partial charge is 0.325 e. The van der Waals surface area contributed by atoms with Crippen LogP contribution in [0.1, 0.15) is 32.4 Å². The van der Waals surface area contributed by atoms with Crippen molar-refractivity contribution in [3.63, 3.8) is 0 Å². The Kier molecular flexibility index (Phi) is 5.86. The lowest BCUT2D eigenvalue weighted by Gasteiger charge is -2.18. The first-order valence-corrected chi connectivity index (χ1v) is 9.40. The third kappa shape index (κ3) is 4.23. The monoisotopic (exact) mass is 401 g/mol. The molecule has 9 heteroatoms. The molecule has 0 bridgehead atoms. The number of para-hydroxylation sites is 1. The number of amides is 4. The third-order valence-corrected chi connectivity index (χ3v) is 4.68. The predicted molar refractivity (Wildman–Crippen MR) is 103 cm³/mol. The summed E-state index contributed by atoms with van der Waals surface area (Å²) in [6, 6.07) is 8.30. The summed E-state index contributed by atoms with van der Waals surface area (Å²) in [5.74, 6) is -1.10. The van der Waals surface area contributed by atoms with Gasteiger partial charge >= 0.3 is 12.0 Å². The lowest BCUT2D eigenvalue weighted by Crippen LogP contribution is -2.43. The average Bonchev–Trinajstić information content (AvgIpc) is 3.21. The Hall–Kier alpha value is -3.36. The van der Waals surface area contributed by atoms with Gasteiger partial charge < -0.3 is 19.8 Å². The van der Waals surface area contributed by atoms with Crippen LogP contribution in [0.3, 0.4) is 0 Å². The van der Waals surface area contributed by atoms with Crippen molar-refractivity contribution in [1.29, 1.82) is 0 Å². The Morgan fingerprint density at radius 1 is 1.28 bits per heavy atom. The minimum atomic E-state index is -1.39. The van der Waals surface area contributed by atoms with E-state index in [-0.39, 0.29) is 18.9 Å². The molecule has 0 saturated carbocycles. The highest BCUT2D eigenvalue weighted by Crippen LogP contribution is 2.32. The van der Waals surface area contributed by atoms with E-state index < -0.39 is 29.9 Å². The summed E-state index contributed by atoms with van der Waals surface area (Å²) in [5.41, 5.74) is -0.788. The van der Waals surface area contributed by atoms with Crippen LogP contribution in [0.4, 0.5) is 4.79 Å². The van der Waals surface area contributed by atoms with Crippen LogP contribution in [-0.4, -0.2) is 48.4 Å². The van der Waals surface area contributed by atoms with Gasteiger partial charge in [-0.2, -0.15) is 0 Å². The molecule has 0 spiro atoms. The molecule has 9 nitrogen and oxygen atoms in total. The van der Waals surface area contributed by atoms with E-state index in [9.17, 15) is 19.2 Å². The lowest BCUT2D eigenvalue weighted by molar-refractivity contribution is -0.143. The number of fused-ring (bicyclic) bond motifs is 1. The lowest BCUT2D eigenvalue weighted by atomic mass is 9.99. The molecule has 1 aliphatic heterocycles. The zero-order valence-corrected chi connectivity index (χ0v) is 16.3. The van der Waals surface area contributed by atoms with E-state index in [2.05, 4.69) is 10.6 Å². The van der Waals surface area contributed by atoms with E-state index in [4.69, 9.17) is 9.15 Å². The number of esters is 1. The Morgan fingerprint density at radius 3 is 2.76 bits per heavy atom. The molecule has 0 radical (unpaired) electrons. The zero-order chi connectivity index (χ0) is 21.0. The van der Waals surface area contributed by atoms with Gasteiger partial charge in [0.15, 0.2) is 5.54 Å². The molecule has 29 heavy (non-hydrogen) atoms. The van der Waals surface area contributed by atoms with Gasteiger partial charge in [-0.15, -0.1) is 0 Å². The SMILES string of the molecule is CCOC(=O)CCCNC(=O)CN1C(=O)NC(C)(c2cc3ccccc3o2)C1=O. The standard InChI is InChI=1S/C20H23N3O6/c1-3-28-17(25)9-6-10-21-16(24)12-23-18(26)20(2,22-19(23)27)15-11-13-7-4-5-8-14(13)29-15/h4-5,7-8,11H,3,6,9-10,12H2,1-2H3,(H,21,24)(H,22,27). The Labute approximate surface area is 167 Å². The second kappa shape index (κ2) is 8.34. The van der Waals surface area contributed by atoms with Gasteiger partial charge in [-0.25, -0.2) is 4.79 Å². The molecule has 1 aliphatic rings. The highest BCUT2D eigenvalue weighted by molar-refractivity contribution is 6.09. The van der Waals surface area contributed by atoms with E-state index in [1.54, 1.807) is 26.0 Å². The highest BCUT2D eigenvalue weighted by Gasteiger charge is 2.51. The maximum absolute atomic E-state index is 12.9. The molecule has 1 atom stereocenters. The number of rotatable bonds is 8. The molecule has 4 amide bonds. The van der Waals surface area contributed by atoms with Crippen molar-refractivity contribution in [2.45, 2.75) is 32.2 Å². The number of carbonyl (C=O) groups excluding carboxylic acids is 4. The molecule has 1 fully saturated rings. The maximum Gasteiger partial charge on any atom is 0.325 e. The summed E-state index contributed by atoms with van der Waals surface area (Å²) >= 11 is 0. The number of urea groups is 1. The second-order valence-corrected chi connectivity index (χ2v) is 6.85. The number of nitrogens with one attached hydrogen (secondary N) is 2. The van der Waals surface area contributed by atoms with Gasteiger partial charge in [0.2, 0.25) is 5.91 Å². The Balaban J connectivity index is 1.60. The molecule has 1 aromatic heterocycles. The van der Waals surface area contributed by atoms with Gasteiger partial charge in [-0.1, -0.05) is 18.2 Å². The topological polar surface area (TPSA) is 118 Å². The summed E-state index contributed by atoms with van der Waals surface area (Å²) in [6.45, 7) is 3.39. The second-order valence-electron chi connectivity index (χ2n) is 6.85. The summed E-state index contributed by atoms with van der Waals surface area (Å²) in [6.07, 6.45) is 0.586. The van der Waals surface area contributed by atoms with Crippen molar-refractivity contribution in [2.24, 2.45) is 0 Å². The van der Waals surface area contributed by atoms with Crippen LogP contribution in [0.2, 0.25) is 0 Å². The number of hydrogen-bond donors (Lipinski definition) is 2. The predicted octanol–water partition coefficient (Wildman–Crippen LogP) is 1.66. The molecule has 0 aliphatic carbocycles. The molecule has 3 rings (SSSR count). The molecule has 154 valence electrons. The van der Waals surface area contributed by atoms with E-state index in [0.717, 1.165) is 10.3 Å². The number of ether oxygens (including phenoxy) is 1. The molecule has 1 aromatic carbocycles. The molecule has 2 N–H and O–H groups in total. The van der Waals surface area contributed by atoms with E-state index >= 15 is 0 Å². The number of nitrogens with zero attached hydrogens (tertiary/aromatic N) is 1. The molecule has 2 heterocycles. The summed E-state index contributed by atoms with van der Waals surface area (Å²) < 4.78 is 10.5. The van der Waals surface area contributed by atoms with Crippen molar-refractivity contribution in [3.05, 3.63) is 36.1 Å². The van der Waals surface area contributed by atoms with Crippen LogP contribution in [0.25, 0.3) is 11.0 Å². The van der Waals surface area contributed by atoms with Crippen molar-refractivity contribution >= 4 is 34.8 Å². The minimum Gasteiger partial charge on any atom is -0.466 e. The highest BCUT2D eigenvalue weighted by atomic mass is 16.5. The van der Waals surface area contributed by atoms with Crippen molar-refractivity contribution < 1.29 is 28.3 Å². The van der Waals surface area contributed by atoms with Crippen LogP contribution in [0.15, 0.2) is 34.7 Å². The van der Waals surface area contributed by atoms with Gasteiger partial charge in [0, 0.05) is 18.4 Å². The first-order valence-electron chi connectivity index (χ1n) is 9.40. The average molecular weight is 401 g/mol. The van der Waals surface area contributed by atoms with Crippen molar-refractivity contribution in [3.8, 4) is 0 Å². The van der Waals surface area contributed by atoms with Gasteiger partial charge in [0.25, 0.3) is 5.91 Å². The van der Waals surface area contributed by atoms with E-state index in [1.807, 2.05) is 18.2 Å². The number of carbonyl (C=O) groups is 4. The van der Waals surface area contributed by atoms with Gasteiger partial charge in [0.05, 0.1) is 6.61 Å². The van der Waals surface area contributed by atoms with Gasteiger partial charge in [-0.05, 0) is 32.4 Å². The first kappa shape index (κ1) is 20.4. The number of furan rings is 1. The molecule has 1 unspecified atom stereocenters. The number of imide groups is 1. The fourth-order valence-corrected chi connectivity index (χ4v) is 3.13. The first-order chi connectivity index (χ1) is 13.8. The van der Waals surface area contributed by atoms with Crippen LogP contribution in [0.5, 0.6) is 0 Å². The van der Waals surface area contributed by atoms with Crippen LogP contribution in [-0.2, 0) is 24.7 Å². The summed E-state index contributed by atoms with van der Waals surface area (Å²) in [7, 11) is 0. The summed E-state index contributed by atoms with van der Waals surface area (Å²) in [5, 5.41) is 6.01. The quantitative estimate of drug-likeness (QED) is 0.395. The number of hydrogen-bond acceptors (Lipinski definition) is 6. The van der Waals surface area contributed by atoms with Crippen LogP contribution < -0.4 is 10.6 Å². The summed E-state index contributed by atoms with van der Waals surface area (Å²) in [4.78, 5) is 49.5. The fraction of sp³-hybridized carbons (Fsp3) is 0.400. The van der Waals surface area contributed by atoms with Crippen molar-refractivity contribution in [1.82, 2.24) is 15.5 Å². The zero-order valence-electron chi connectivity index (χ0n) is 16.3. The Bertz CT molecular complexity index is 920. The van der Waals surface area contributed by atoms with E-state index in [0.29, 0.717) is 24.4 Å². The normalized spacial score (nSPS) is 18.8. The fourth-order valence-electron chi connectivity index (χ4n) is 3.13. The molecular weight excluding hydrogens is 378 g/mol. The van der Waals surface area contributed by atoms with Gasteiger partial charge in [-0.3, -0.25) is 19.3 Å². The number of benzene rings is 1. The third-order valence-electron chi connectivity index (χ3n) is 4.68. The maximum atomic E-state index is 12.9. The van der Waals surface area contributed by atoms with E-state index in [1.165, 1.54) is 0 Å². The largest absolute Gasteiger partial charge is 0.466 e.